The lowest BCUT2D eigenvalue weighted by molar-refractivity contribution is 0.188. The van der Waals surface area contributed by atoms with Crippen molar-refractivity contribution in [2.24, 2.45) is 0 Å². The molecule has 0 saturated carbocycles. The van der Waals surface area contributed by atoms with E-state index in [0.29, 0.717) is 0 Å². The van der Waals surface area contributed by atoms with Crippen LogP contribution in [0.15, 0.2) is 27.9 Å². The number of aromatic nitrogens is 4. The Labute approximate surface area is 87.5 Å². The van der Waals surface area contributed by atoms with Crippen LogP contribution in [-0.4, -0.2) is 29.7 Å². The van der Waals surface area contributed by atoms with Crippen molar-refractivity contribution >= 4 is 11.2 Å². The van der Waals surface area contributed by atoms with Crippen LogP contribution in [0, 0.1) is 0 Å². The highest BCUT2D eigenvalue weighted by Gasteiger charge is 2.08. The number of H-pyrrole nitrogens is 2. The molecule has 8 nitrogen and oxygen atoms in total. The van der Waals surface area contributed by atoms with E-state index in [1.165, 1.54) is 6.33 Å². The number of aliphatic hydroxyl groups is 2. The highest BCUT2D eigenvalue weighted by Crippen LogP contribution is 1.95. The minimum atomic E-state index is -0.948. The van der Waals surface area contributed by atoms with Gasteiger partial charge in [0.2, 0.25) is 0 Å². The average Bonchev–Trinajstić information content (AvgIpc) is 2.64. The average molecular weight is 224 g/mol. The van der Waals surface area contributed by atoms with Gasteiger partial charge in [-0.2, -0.15) is 0 Å². The van der Waals surface area contributed by atoms with Gasteiger partial charge in [0.25, 0.3) is 11.5 Å². The van der Waals surface area contributed by atoms with Crippen molar-refractivity contribution in [3.63, 3.8) is 0 Å². The summed E-state index contributed by atoms with van der Waals surface area (Å²) >= 11 is 0. The molecule has 0 saturated heterocycles. The third-order valence-electron chi connectivity index (χ3n) is 2.03. The molecule has 0 fully saturated rings. The SMILES string of the molecule is O=c1[nH]c2nc[nH]c2c(=O)n1CC=C(O)O. The summed E-state index contributed by atoms with van der Waals surface area (Å²) in [5.74, 6) is -0.948. The first kappa shape index (κ1) is 10.0. The van der Waals surface area contributed by atoms with Crippen LogP contribution in [0.3, 0.4) is 0 Å². The third kappa shape index (κ3) is 1.56. The number of aromatic amines is 2. The lowest BCUT2D eigenvalue weighted by atomic mass is 10.5. The van der Waals surface area contributed by atoms with E-state index in [0.717, 1.165) is 10.6 Å². The smallest absolute Gasteiger partial charge is 0.330 e. The molecular formula is C8H8N4O4. The molecule has 0 aliphatic rings. The Bertz CT molecular complexity index is 658. The minimum absolute atomic E-state index is 0.158. The number of hydrogen-bond donors (Lipinski definition) is 4. The summed E-state index contributed by atoms with van der Waals surface area (Å²) < 4.78 is 0.812. The van der Waals surface area contributed by atoms with Crippen LogP contribution >= 0.6 is 0 Å². The van der Waals surface area contributed by atoms with Gasteiger partial charge in [0.15, 0.2) is 5.65 Å². The number of rotatable bonds is 2. The molecule has 0 atom stereocenters. The predicted molar refractivity (Wildman–Crippen MR) is 54.3 cm³/mol. The maximum Gasteiger partial charge on any atom is 0.330 e. The lowest BCUT2D eigenvalue weighted by Crippen LogP contribution is -2.34. The van der Waals surface area contributed by atoms with Crippen molar-refractivity contribution in [1.29, 1.82) is 0 Å². The van der Waals surface area contributed by atoms with Crippen molar-refractivity contribution < 1.29 is 10.2 Å². The van der Waals surface area contributed by atoms with Crippen LogP contribution in [0.4, 0.5) is 0 Å². The lowest BCUT2D eigenvalue weighted by Gasteiger charge is -1.99. The van der Waals surface area contributed by atoms with Gasteiger partial charge in [-0.05, 0) is 0 Å². The highest BCUT2D eigenvalue weighted by atomic mass is 16.5. The Hall–Kier alpha value is -2.51. The molecule has 0 aromatic carbocycles. The molecule has 0 amide bonds. The monoisotopic (exact) mass is 224 g/mol. The number of aliphatic hydroxyl groups excluding tert-OH is 1. The summed E-state index contributed by atoms with van der Waals surface area (Å²) in [5.41, 5.74) is -0.912. The van der Waals surface area contributed by atoms with Gasteiger partial charge in [-0.25, -0.2) is 9.78 Å². The van der Waals surface area contributed by atoms with Crippen LogP contribution in [0.2, 0.25) is 0 Å². The molecule has 0 aliphatic carbocycles. The first-order valence-electron chi connectivity index (χ1n) is 4.34. The fourth-order valence-electron chi connectivity index (χ4n) is 1.29. The molecular weight excluding hydrogens is 216 g/mol. The van der Waals surface area contributed by atoms with E-state index >= 15 is 0 Å². The topological polar surface area (TPSA) is 124 Å². The van der Waals surface area contributed by atoms with Crippen molar-refractivity contribution in [3.05, 3.63) is 39.2 Å². The van der Waals surface area contributed by atoms with Crippen molar-refractivity contribution in [2.45, 2.75) is 6.54 Å². The quantitative estimate of drug-likeness (QED) is 0.505. The second-order valence-electron chi connectivity index (χ2n) is 3.03. The van der Waals surface area contributed by atoms with Gasteiger partial charge in [-0.15, -0.1) is 0 Å². The number of nitrogens with one attached hydrogen (secondary N) is 2. The van der Waals surface area contributed by atoms with E-state index in [4.69, 9.17) is 10.2 Å². The van der Waals surface area contributed by atoms with Crippen LogP contribution < -0.4 is 11.2 Å². The Morgan fingerprint density at radius 3 is 2.94 bits per heavy atom. The molecule has 2 heterocycles. The highest BCUT2D eigenvalue weighted by molar-refractivity contribution is 5.67. The molecule has 84 valence electrons. The summed E-state index contributed by atoms with van der Waals surface area (Å²) in [7, 11) is 0. The fraction of sp³-hybridized carbons (Fsp3) is 0.125. The largest absolute Gasteiger partial charge is 0.481 e. The summed E-state index contributed by atoms with van der Waals surface area (Å²) in [6, 6.07) is 0. The normalized spacial score (nSPS) is 10.5. The first-order chi connectivity index (χ1) is 7.59. The molecule has 2 aromatic rings. The Morgan fingerprint density at radius 1 is 1.50 bits per heavy atom. The van der Waals surface area contributed by atoms with E-state index < -0.39 is 17.2 Å². The van der Waals surface area contributed by atoms with E-state index in [1.807, 2.05) is 0 Å². The second kappa shape index (κ2) is 3.57. The number of nitrogens with zero attached hydrogens (tertiary/aromatic N) is 2. The van der Waals surface area contributed by atoms with E-state index in [-0.39, 0.29) is 17.7 Å². The molecule has 2 rings (SSSR count). The zero-order valence-corrected chi connectivity index (χ0v) is 7.97. The second-order valence-corrected chi connectivity index (χ2v) is 3.03. The van der Waals surface area contributed by atoms with Crippen molar-refractivity contribution in [1.82, 2.24) is 19.5 Å². The maximum absolute atomic E-state index is 11.7. The van der Waals surface area contributed by atoms with Gasteiger partial charge in [0.05, 0.1) is 12.9 Å². The standard InChI is InChI=1S/C8H8N4O4/c13-4(14)1-2-12-7(15)5-6(10-3-9-5)11-8(12)16/h1,3,13-14H,2H2,(H,9,10)(H,11,16). The molecule has 8 heteroatoms. The van der Waals surface area contributed by atoms with Crippen molar-refractivity contribution in [2.75, 3.05) is 0 Å². The molecule has 0 radical (unpaired) electrons. The predicted octanol–water partition coefficient (Wildman–Crippen LogP) is -0.630. The molecule has 0 aliphatic heterocycles. The Morgan fingerprint density at radius 2 is 2.25 bits per heavy atom. The van der Waals surface area contributed by atoms with Gasteiger partial charge < -0.3 is 15.2 Å². The number of imidazole rings is 1. The molecule has 0 bridgehead atoms. The van der Waals surface area contributed by atoms with E-state index in [9.17, 15) is 9.59 Å². The molecule has 4 N–H and O–H groups in total. The van der Waals surface area contributed by atoms with Crippen LogP contribution in [0.5, 0.6) is 0 Å². The van der Waals surface area contributed by atoms with Crippen molar-refractivity contribution in [3.8, 4) is 0 Å². The Balaban J connectivity index is 2.65. The summed E-state index contributed by atoms with van der Waals surface area (Å²) in [6.07, 6.45) is 2.21. The third-order valence-corrected chi connectivity index (χ3v) is 2.03. The number of hydrogen-bond acceptors (Lipinski definition) is 5. The van der Waals surface area contributed by atoms with Gasteiger partial charge >= 0.3 is 5.69 Å². The summed E-state index contributed by atoms with van der Waals surface area (Å²) in [6.45, 7) is -0.231. The summed E-state index contributed by atoms with van der Waals surface area (Å²) in [5, 5.41) is 17.1. The zero-order valence-electron chi connectivity index (χ0n) is 7.97. The molecule has 0 spiro atoms. The Kier molecular flexibility index (Phi) is 2.24. The zero-order chi connectivity index (χ0) is 11.7. The van der Waals surface area contributed by atoms with Crippen LogP contribution in [-0.2, 0) is 6.54 Å². The molecule has 16 heavy (non-hydrogen) atoms. The van der Waals surface area contributed by atoms with Crippen LogP contribution in [0.25, 0.3) is 11.2 Å². The fourth-order valence-corrected chi connectivity index (χ4v) is 1.29. The molecule has 2 aromatic heterocycles. The number of allylic oxidation sites excluding steroid dienone is 1. The summed E-state index contributed by atoms with van der Waals surface area (Å²) in [4.78, 5) is 31.8. The maximum atomic E-state index is 11.7. The first-order valence-corrected chi connectivity index (χ1v) is 4.34. The van der Waals surface area contributed by atoms with E-state index in [1.54, 1.807) is 0 Å². The van der Waals surface area contributed by atoms with Gasteiger partial charge in [-0.1, -0.05) is 0 Å². The number of fused-ring (bicyclic) bond motifs is 1. The van der Waals surface area contributed by atoms with Gasteiger partial charge in [-0.3, -0.25) is 14.3 Å². The van der Waals surface area contributed by atoms with Crippen LogP contribution in [0.1, 0.15) is 0 Å². The minimum Gasteiger partial charge on any atom is -0.481 e. The van der Waals surface area contributed by atoms with Gasteiger partial charge in [0.1, 0.15) is 5.52 Å². The van der Waals surface area contributed by atoms with E-state index in [2.05, 4.69) is 15.0 Å². The molecule has 0 unspecified atom stereocenters. The van der Waals surface area contributed by atoms with Gasteiger partial charge in [0, 0.05) is 6.08 Å².